The predicted octanol–water partition coefficient (Wildman–Crippen LogP) is 3.81. The molecule has 1 aromatic carbocycles. The minimum Gasteiger partial charge on any atom is -0.326 e. The van der Waals surface area contributed by atoms with Crippen molar-refractivity contribution in [2.24, 2.45) is 5.73 Å². The van der Waals surface area contributed by atoms with Crippen LogP contribution in [0.25, 0.3) is 11.1 Å². The van der Waals surface area contributed by atoms with E-state index < -0.39 is 11.6 Å². The van der Waals surface area contributed by atoms with Crippen molar-refractivity contribution in [1.82, 2.24) is 0 Å². The van der Waals surface area contributed by atoms with Crippen LogP contribution in [-0.2, 0) is 6.54 Å². The average molecular weight is 260 g/mol. The summed E-state index contributed by atoms with van der Waals surface area (Å²) in [6.07, 6.45) is 0. The van der Waals surface area contributed by atoms with Crippen molar-refractivity contribution in [3.05, 3.63) is 45.1 Å². The van der Waals surface area contributed by atoms with Crippen LogP contribution in [0.5, 0.6) is 0 Å². The Labute approximate surface area is 100 Å². The van der Waals surface area contributed by atoms with Crippen molar-refractivity contribution < 1.29 is 8.78 Å². The van der Waals surface area contributed by atoms with Gasteiger partial charge in [0.1, 0.15) is 0 Å². The van der Waals surface area contributed by atoms with Gasteiger partial charge < -0.3 is 5.73 Å². The van der Waals surface area contributed by atoms with Crippen LogP contribution in [0.1, 0.15) is 4.88 Å². The van der Waals surface area contributed by atoms with E-state index in [2.05, 4.69) is 0 Å². The van der Waals surface area contributed by atoms with Crippen molar-refractivity contribution in [3.8, 4) is 11.1 Å². The van der Waals surface area contributed by atoms with Crippen LogP contribution in [0, 0.1) is 11.6 Å². The van der Waals surface area contributed by atoms with Gasteiger partial charge in [-0.25, -0.2) is 8.78 Å². The third-order valence-electron chi connectivity index (χ3n) is 2.23. The summed E-state index contributed by atoms with van der Waals surface area (Å²) in [6, 6.07) is 3.87. The Bertz CT molecular complexity index is 525. The van der Waals surface area contributed by atoms with Gasteiger partial charge in [0, 0.05) is 17.0 Å². The lowest BCUT2D eigenvalue weighted by Gasteiger charge is -2.05. The van der Waals surface area contributed by atoms with Crippen LogP contribution >= 0.6 is 22.9 Å². The molecule has 0 fully saturated rings. The molecule has 1 aromatic heterocycles. The van der Waals surface area contributed by atoms with Crippen molar-refractivity contribution >= 4 is 22.9 Å². The standard InChI is InChI=1S/C11H8ClF2NS/c12-8-4-10(14)9(13)3-7(8)6-1-2-16-11(6)5-15/h1-4H,5,15H2. The molecule has 1 nitrogen and oxygen atoms in total. The lowest BCUT2D eigenvalue weighted by molar-refractivity contribution is 0.509. The Morgan fingerprint density at radius 2 is 1.88 bits per heavy atom. The second-order valence-electron chi connectivity index (χ2n) is 3.21. The zero-order chi connectivity index (χ0) is 11.7. The molecule has 2 N–H and O–H groups in total. The Hall–Kier alpha value is -0.970. The first-order valence-electron chi connectivity index (χ1n) is 4.55. The zero-order valence-electron chi connectivity index (χ0n) is 8.14. The lowest BCUT2D eigenvalue weighted by atomic mass is 10.1. The molecular weight excluding hydrogens is 252 g/mol. The summed E-state index contributed by atoms with van der Waals surface area (Å²) < 4.78 is 26.0. The molecule has 0 aliphatic carbocycles. The Morgan fingerprint density at radius 1 is 1.19 bits per heavy atom. The summed E-state index contributed by atoms with van der Waals surface area (Å²) in [7, 11) is 0. The molecule has 84 valence electrons. The fourth-order valence-corrected chi connectivity index (χ4v) is 2.49. The van der Waals surface area contributed by atoms with Gasteiger partial charge in [-0.1, -0.05) is 11.6 Å². The number of rotatable bonds is 2. The lowest BCUT2D eigenvalue weighted by Crippen LogP contribution is -1.96. The number of halogens is 3. The minimum absolute atomic E-state index is 0.187. The van der Waals surface area contributed by atoms with Gasteiger partial charge in [-0.3, -0.25) is 0 Å². The number of thiophene rings is 1. The topological polar surface area (TPSA) is 26.0 Å². The van der Waals surface area contributed by atoms with Crippen molar-refractivity contribution in [3.63, 3.8) is 0 Å². The van der Waals surface area contributed by atoms with Gasteiger partial charge in [-0.05, 0) is 29.1 Å². The summed E-state index contributed by atoms with van der Waals surface area (Å²) in [6.45, 7) is 0.350. The first kappa shape index (κ1) is 11.5. The molecule has 0 saturated carbocycles. The van der Waals surface area contributed by atoms with Gasteiger partial charge in [0.05, 0.1) is 5.02 Å². The second kappa shape index (κ2) is 4.49. The van der Waals surface area contributed by atoms with E-state index in [0.717, 1.165) is 22.6 Å². The predicted molar refractivity (Wildman–Crippen MR) is 62.6 cm³/mol. The highest BCUT2D eigenvalue weighted by Gasteiger charge is 2.13. The second-order valence-corrected chi connectivity index (χ2v) is 4.62. The molecule has 5 heteroatoms. The average Bonchev–Trinajstić information content (AvgIpc) is 2.71. The number of benzene rings is 1. The molecule has 0 radical (unpaired) electrons. The molecule has 0 spiro atoms. The summed E-state index contributed by atoms with van der Waals surface area (Å²) in [5, 5.41) is 2.03. The maximum atomic E-state index is 13.1. The van der Waals surface area contributed by atoms with E-state index in [0.29, 0.717) is 12.1 Å². The summed E-state index contributed by atoms with van der Waals surface area (Å²) >= 11 is 7.34. The van der Waals surface area contributed by atoms with Gasteiger partial charge in [-0.15, -0.1) is 11.3 Å². The highest BCUT2D eigenvalue weighted by Crippen LogP contribution is 2.34. The molecule has 0 unspecified atom stereocenters. The third-order valence-corrected chi connectivity index (χ3v) is 3.49. The maximum absolute atomic E-state index is 13.1. The molecular formula is C11H8ClF2NS. The molecule has 2 aromatic rings. The monoisotopic (exact) mass is 259 g/mol. The smallest absolute Gasteiger partial charge is 0.160 e. The molecule has 16 heavy (non-hydrogen) atoms. The van der Waals surface area contributed by atoms with Crippen molar-refractivity contribution in [2.45, 2.75) is 6.54 Å². The van der Waals surface area contributed by atoms with Gasteiger partial charge in [0.15, 0.2) is 11.6 Å². The third kappa shape index (κ3) is 1.96. The molecule has 0 amide bonds. The Kier molecular flexibility index (Phi) is 3.23. The summed E-state index contributed by atoms with van der Waals surface area (Å²) in [5.41, 5.74) is 6.78. The highest BCUT2D eigenvalue weighted by molar-refractivity contribution is 7.10. The van der Waals surface area contributed by atoms with E-state index in [1.54, 1.807) is 6.07 Å². The van der Waals surface area contributed by atoms with Crippen LogP contribution < -0.4 is 5.73 Å². The van der Waals surface area contributed by atoms with Crippen LogP contribution in [0.2, 0.25) is 5.02 Å². The van der Waals surface area contributed by atoms with Gasteiger partial charge in [0.25, 0.3) is 0 Å². The molecule has 0 bridgehead atoms. The molecule has 0 saturated heterocycles. The molecule has 1 heterocycles. The minimum atomic E-state index is -0.946. The molecule has 0 aliphatic rings. The molecule has 2 rings (SSSR count). The number of nitrogens with two attached hydrogens (primary N) is 1. The zero-order valence-corrected chi connectivity index (χ0v) is 9.71. The van der Waals surface area contributed by atoms with E-state index in [9.17, 15) is 8.78 Å². The quantitative estimate of drug-likeness (QED) is 0.816. The van der Waals surface area contributed by atoms with Crippen LogP contribution in [0.3, 0.4) is 0 Å². The number of hydrogen-bond donors (Lipinski definition) is 1. The fourth-order valence-electron chi connectivity index (χ4n) is 1.47. The van der Waals surface area contributed by atoms with Crippen LogP contribution in [0.4, 0.5) is 8.78 Å². The van der Waals surface area contributed by atoms with Crippen LogP contribution in [0.15, 0.2) is 23.6 Å². The first-order valence-corrected chi connectivity index (χ1v) is 5.80. The van der Waals surface area contributed by atoms with Crippen molar-refractivity contribution in [2.75, 3.05) is 0 Å². The Balaban J connectivity index is 2.60. The number of hydrogen-bond acceptors (Lipinski definition) is 2. The molecule has 0 atom stereocenters. The largest absolute Gasteiger partial charge is 0.326 e. The first-order chi connectivity index (χ1) is 7.63. The fraction of sp³-hybridized carbons (Fsp3) is 0.0909. The van der Waals surface area contributed by atoms with Crippen LogP contribution in [-0.4, -0.2) is 0 Å². The van der Waals surface area contributed by atoms with Gasteiger partial charge in [0.2, 0.25) is 0 Å². The summed E-state index contributed by atoms with van der Waals surface area (Å²) in [5.74, 6) is -1.85. The van der Waals surface area contributed by atoms with E-state index in [1.165, 1.54) is 11.3 Å². The van der Waals surface area contributed by atoms with E-state index >= 15 is 0 Å². The highest BCUT2D eigenvalue weighted by atomic mass is 35.5. The normalized spacial score (nSPS) is 10.8. The van der Waals surface area contributed by atoms with E-state index in [-0.39, 0.29) is 5.02 Å². The molecule has 0 aliphatic heterocycles. The van der Waals surface area contributed by atoms with Gasteiger partial charge >= 0.3 is 0 Å². The van der Waals surface area contributed by atoms with Gasteiger partial charge in [-0.2, -0.15) is 0 Å². The SMILES string of the molecule is NCc1sccc1-c1cc(F)c(F)cc1Cl. The van der Waals surface area contributed by atoms with Crippen molar-refractivity contribution in [1.29, 1.82) is 0 Å². The Morgan fingerprint density at radius 3 is 2.56 bits per heavy atom. The maximum Gasteiger partial charge on any atom is 0.160 e. The van der Waals surface area contributed by atoms with E-state index in [4.69, 9.17) is 17.3 Å². The summed E-state index contributed by atoms with van der Waals surface area (Å²) in [4.78, 5) is 0.896. The van der Waals surface area contributed by atoms with E-state index in [1.807, 2.05) is 5.38 Å².